The number of nitrogens with zero attached hydrogens (tertiary/aromatic N) is 1. The average molecular weight is 293 g/mol. The third-order valence-electron chi connectivity index (χ3n) is 3.80. The highest BCUT2D eigenvalue weighted by Gasteiger charge is 2.25. The molecule has 0 saturated heterocycles. The predicted octanol–water partition coefficient (Wildman–Crippen LogP) is 3.51. The molecule has 0 radical (unpaired) electrons. The monoisotopic (exact) mass is 292 g/mol. The zero-order chi connectivity index (χ0) is 13.7. The molecular weight excluding hydrogens is 252 g/mol. The van der Waals surface area contributed by atoms with E-state index in [0.717, 1.165) is 0 Å². The Kier molecular flexibility index (Phi) is 21.0. The van der Waals surface area contributed by atoms with Crippen LogP contribution >= 0.6 is 0 Å². The summed E-state index contributed by atoms with van der Waals surface area (Å²) in [6.07, 6.45) is 10.6. The van der Waals surface area contributed by atoms with Gasteiger partial charge in [-0.1, -0.05) is 53.4 Å². The third-order valence-corrected chi connectivity index (χ3v) is 3.80. The average Bonchev–Trinajstić information content (AvgIpc) is 2.40. The molecule has 0 saturated carbocycles. The van der Waals surface area contributed by atoms with Gasteiger partial charge < -0.3 is 11.0 Å². The van der Waals surface area contributed by atoms with Crippen molar-refractivity contribution in [3.05, 3.63) is 0 Å². The molecule has 0 amide bonds. The minimum absolute atomic E-state index is 0. The minimum atomic E-state index is 0. The number of quaternary nitrogens is 1. The van der Waals surface area contributed by atoms with E-state index in [9.17, 15) is 0 Å². The molecule has 0 bridgehead atoms. The lowest BCUT2D eigenvalue weighted by atomic mass is 10.2. The van der Waals surface area contributed by atoms with Crippen molar-refractivity contribution in [1.82, 2.24) is 5.43 Å². The van der Waals surface area contributed by atoms with Gasteiger partial charge in [0.15, 0.2) is 0 Å². The van der Waals surface area contributed by atoms with Crippen LogP contribution in [0.1, 0.15) is 79.1 Å². The van der Waals surface area contributed by atoms with E-state index in [4.69, 9.17) is 0 Å². The molecule has 0 spiro atoms. The van der Waals surface area contributed by atoms with Gasteiger partial charge in [0.2, 0.25) is 0 Å². The summed E-state index contributed by atoms with van der Waals surface area (Å²) in [6.45, 7) is 14.3. The van der Waals surface area contributed by atoms with E-state index in [0.29, 0.717) is 0 Å². The van der Waals surface area contributed by atoms with Crippen LogP contribution in [0.15, 0.2) is 0 Å². The van der Waals surface area contributed by atoms with Crippen molar-refractivity contribution >= 4 is 0 Å². The van der Waals surface area contributed by atoms with Crippen molar-refractivity contribution in [2.24, 2.45) is 0 Å². The molecule has 0 aromatic rings. The van der Waals surface area contributed by atoms with Gasteiger partial charge in [-0.2, -0.15) is 5.43 Å². The summed E-state index contributed by atoms with van der Waals surface area (Å²) in [7, 11) is 0. The Labute approximate surface area is 127 Å². The Morgan fingerprint density at radius 3 is 1.30 bits per heavy atom. The molecule has 0 fully saturated rings. The van der Waals surface area contributed by atoms with Gasteiger partial charge in [0, 0.05) is 6.54 Å². The molecular formula is C16H40N2O2. The Bertz CT molecular complexity index is 156. The maximum atomic E-state index is 3.88. The lowest BCUT2D eigenvalue weighted by Crippen LogP contribution is -2.59. The summed E-state index contributed by atoms with van der Waals surface area (Å²) in [5.41, 5.74) is 3.88. The topological polar surface area (TPSA) is 73.5 Å². The van der Waals surface area contributed by atoms with E-state index in [1.807, 2.05) is 0 Å². The van der Waals surface area contributed by atoms with Gasteiger partial charge in [0.05, 0.1) is 19.6 Å². The molecule has 4 N–H and O–H groups in total. The largest absolute Gasteiger partial charge is 0.870 e. The van der Waals surface area contributed by atoms with Gasteiger partial charge in [0.25, 0.3) is 0 Å². The van der Waals surface area contributed by atoms with Gasteiger partial charge in [-0.15, -0.1) is 0 Å². The highest BCUT2D eigenvalue weighted by molar-refractivity contribution is 4.46. The summed E-state index contributed by atoms with van der Waals surface area (Å²) in [4.78, 5) is 0. The molecule has 0 aromatic heterocycles. The van der Waals surface area contributed by atoms with Crippen LogP contribution in [0.2, 0.25) is 0 Å². The van der Waals surface area contributed by atoms with E-state index in [1.54, 1.807) is 0 Å². The molecule has 4 nitrogen and oxygen atoms in total. The molecule has 126 valence electrons. The van der Waals surface area contributed by atoms with Gasteiger partial charge in [-0.25, -0.2) is 4.59 Å². The van der Waals surface area contributed by atoms with E-state index >= 15 is 0 Å². The molecule has 0 atom stereocenters. The van der Waals surface area contributed by atoms with Crippen molar-refractivity contribution in [2.75, 3.05) is 26.2 Å². The van der Waals surface area contributed by atoms with Gasteiger partial charge >= 0.3 is 0 Å². The lowest BCUT2D eigenvalue weighted by Gasteiger charge is -2.38. The van der Waals surface area contributed by atoms with E-state index in [2.05, 4.69) is 33.1 Å². The summed E-state index contributed by atoms with van der Waals surface area (Å²) < 4.78 is 1.18. The number of rotatable bonds is 13. The Hall–Kier alpha value is -0.160. The first-order valence-electron chi connectivity index (χ1n) is 8.35. The van der Waals surface area contributed by atoms with Crippen LogP contribution < -0.4 is 5.43 Å². The van der Waals surface area contributed by atoms with Crippen LogP contribution in [0, 0.1) is 0 Å². The summed E-state index contributed by atoms with van der Waals surface area (Å²) >= 11 is 0. The van der Waals surface area contributed by atoms with Crippen molar-refractivity contribution in [1.29, 1.82) is 0 Å². The molecule has 0 aliphatic rings. The number of unbranched alkanes of at least 4 members (excludes halogenated alkanes) is 4. The molecule has 4 heteroatoms. The first-order valence-corrected chi connectivity index (χ1v) is 8.35. The molecule has 0 aromatic carbocycles. The van der Waals surface area contributed by atoms with Crippen molar-refractivity contribution < 1.29 is 15.5 Å². The summed E-state index contributed by atoms with van der Waals surface area (Å²) in [5, 5.41) is 0. The van der Waals surface area contributed by atoms with Crippen LogP contribution in [0.5, 0.6) is 0 Å². The normalized spacial score (nSPS) is 10.8. The minimum Gasteiger partial charge on any atom is -0.870 e. The van der Waals surface area contributed by atoms with Crippen LogP contribution in [-0.2, 0) is 0 Å². The molecule has 0 unspecified atom stereocenters. The zero-order valence-corrected chi connectivity index (χ0v) is 14.4. The van der Waals surface area contributed by atoms with Crippen molar-refractivity contribution in [3.63, 3.8) is 0 Å². The number of hydrogen-bond acceptors (Lipinski definition) is 2. The fourth-order valence-electron chi connectivity index (χ4n) is 2.45. The fraction of sp³-hybridized carbons (Fsp3) is 1.00. The van der Waals surface area contributed by atoms with Gasteiger partial charge in [0.1, 0.15) is 0 Å². The fourth-order valence-corrected chi connectivity index (χ4v) is 2.45. The smallest absolute Gasteiger partial charge is 0.0962 e. The molecule has 0 heterocycles. The first-order chi connectivity index (χ1) is 8.74. The summed E-state index contributed by atoms with van der Waals surface area (Å²) in [6, 6.07) is 0. The Balaban J connectivity index is -0.00000144. The third kappa shape index (κ3) is 11.6. The van der Waals surface area contributed by atoms with E-state index < -0.39 is 0 Å². The number of hydrogen-bond donors (Lipinski definition) is 1. The van der Waals surface area contributed by atoms with Gasteiger partial charge in [-0.05, 0) is 25.7 Å². The second kappa shape index (κ2) is 16.9. The van der Waals surface area contributed by atoms with Crippen molar-refractivity contribution in [2.45, 2.75) is 79.1 Å². The second-order valence-electron chi connectivity index (χ2n) is 5.64. The van der Waals surface area contributed by atoms with Crippen LogP contribution in [-0.4, -0.2) is 41.7 Å². The van der Waals surface area contributed by atoms with Crippen LogP contribution in [0.3, 0.4) is 0 Å². The zero-order valence-electron chi connectivity index (χ0n) is 14.4. The number of nitrogens with one attached hydrogen (secondary N) is 1. The Morgan fingerprint density at radius 1 is 0.650 bits per heavy atom. The Morgan fingerprint density at radius 2 is 1.00 bits per heavy atom. The summed E-state index contributed by atoms with van der Waals surface area (Å²) in [5.74, 6) is 0. The van der Waals surface area contributed by atoms with Crippen LogP contribution in [0.4, 0.5) is 0 Å². The molecule has 0 aliphatic heterocycles. The first kappa shape index (κ1) is 24.8. The van der Waals surface area contributed by atoms with Crippen molar-refractivity contribution in [3.8, 4) is 0 Å². The molecule has 20 heavy (non-hydrogen) atoms. The van der Waals surface area contributed by atoms with Gasteiger partial charge in [-0.3, -0.25) is 0 Å². The predicted molar refractivity (Wildman–Crippen MR) is 88.0 cm³/mol. The van der Waals surface area contributed by atoms with E-state index in [-0.39, 0.29) is 11.0 Å². The molecule has 0 aliphatic carbocycles. The highest BCUT2D eigenvalue weighted by atomic mass is 16.0. The maximum Gasteiger partial charge on any atom is 0.0962 e. The quantitative estimate of drug-likeness (QED) is 0.320. The lowest BCUT2D eigenvalue weighted by molar-refractivity contribution is -0.970. The highest BCUT2D eigenvalue weighted by Crippen LogP contribution is 2.11. The van der Waals surface area contributed by atoms with E-state index in [1.165, 1.54) is 82.1 Å². The standard InChI is InChI=1S/C16H37N2.2H2O/c1-5-9-13-17-18(14-10-6-2,15-11-7-3)16-12-8-4;;/h17H,5-16H2,1-4H3;2*1H2/q+1;;/p-1. The van der Waals surface area contributed by atoms with Crippen LogP contribution in [0.25, 0.3) is 0 Å². The second-order valence-corrected chi connectivity index (χ2v) is 5.64. The molecule has 0 rings (SSSR count). The SMILES string of the molecule is CCCCN[N+](CCCC)(CCCC)CCCC.O.[OH-]. The maximum absolute atomic E-state index is 3.88.